The number of rotatable bonds is 2. The highest BCUT2D eigenvalue weighted by Crippen LogP contribution is 2.34. The predicted octanol–water partition coefficient (Wildman–Crippen LogP) is 2.97. The second-order valence-corrected chi connectivity index (χ2v) is 5.68. The van der Waals surface area contributed by atoms with E-state index >= 15 is 0 Å². The number of aromatic nitrogens is 1. The molecule has 108 valence electrons. The van der Waals surface area contributed by atoms with Crippen LogP contribution in [0.25, 0.3) is 11.5 Å². The zero-order valence-electron chi connectivity index (χ0n) is 11.6. The van der Waals surface area contributed by atoms with Crippen molar-refractivity contribution in [1.82, 2.24) is 9.88 Å². The quantitative estimate of drug-likeness (QED) is 0.795. The predicted molar refractivity (Wildman–Crippen MR) is 75.5 cm³/mol. The third kappa shape index (κ3) is 2.09. The summed E-state index contributed by atoms with van der Waals surface area (Å²) in [6.07, 6.45) is 9.44. The van der Waals surface area contributed by atoms with Gasteiger partial charge in [0.05, 0.1) is 6.26 Å². The van der Waals surface area contributed by atoms with Gasteiger partial charge in [0.15, 0.2) is 17.8 Å². The van der Waals surface area contributed by atoms with Gasteiger partial charge in [0.2, 0.25) is 5.76 Å². The summed E-state index contributed by atoms with van der Waals surface area (Å²) in [5, 5.41) is 0. The number of amides is 1. The molecule has 1 aliphatic carbocycles. The van der Waals surface area contributed by atoms with Crippen LogP contribution in [0.2, 0.25) is 0 Å². The molecule has 5 heteroatoms. The molecule has 1 fully saturated rings. The summed E-state index contributed by atoms with van der Waals surface area (Å²) in [5.74, 6) is 2.05. The zero-order valence-corrected chi connectivity index (χ0v) is 11.6. The number of carbonyl (C=O) groups is 1. The minimum Gasteiger partial charge on any atom is -0.461 e. The molecular formula is C16H16N2O3. The minimum atomic E-state index is -0.0652. The Balaban J connectivity index is 1.58. The highest BCUT2D eigenvalue weighted by Gasteiger charge is 2.37. The van der Waals surface area contributed by atoms with E-state index in [1.165, 1.54) is 6.39 Å². The van der Waals surface area contributed by atoms with Crippen LogP contribution >= 0.6 is 0 Å². The molecule has 3 heterocycles. The van der Waals surface area contributed by atoms with Gasteiger partial charge in [-0.15, -0.1) is 0 Å². The fourth-order valence-electron chi connectivity index (χ4n) is 3.31. The van der Waals surface area contributed by atoms with Crippen LogP contribution in [-0.2, 0) is 0 Å². The molecule has 0 spiro atoms. The molecule has 0 bridgehead atoms. The molecule has 0 N–H and O–H groups in total. The van der Waals surface area contributed by atoms with Gasteiger partial charge in [0.1, 0.15) is 0 Å². The first kappa shape index (κ1) is 12.4. The van der Waals surface area contributed by atoms with Gasteiger partial charge in [-0.3, -0.25) is 4.79 Å². The van der Waals surface area contributed by atoms with E-state index in [-0.39, 0.29) is 5.91 Å². The first-order valence-electron chi connectivity index (χ1n) is 7.24. The first-order chi connectivity index (χ1) is 10.3. The van der Waals surface area contributed by atoms with Crippen molar-refractivity contribution in [2.45, 2.75) is 12.8 Å². The topological polar surface area (TPSA) is 59.5 Å². The van der Waals surface area contributed by atoms with Crippen LogP contribution in [0, 0.1) is 11.8 Å². The molecule has 1 amide bonds. The van der Waals surface area contributed by atoms with Gasteiger partial charge in [0, 0.05) is 13.1 Å². The normalized spacial score (nSPS) is 24.3. The maximum absolute atomic E-state index is 12.7. The lowest BCUT2D eigenvalue weighted by Crippen LogP contribution is -2.29. The van der Waals surface area contributed by atoms with Crippen LogP contribution in [0.3, 0.4) is 0 Å². The number of fused-ring (bicyclic) bond motifs is 1. The van der Waals surface area contributed by atoms with Gasteiger partial charge in [0.25, 0.3) is 5.91 Å². The molecule has 4 rings (SSSR count). The summed E-state index contributed by atoms with van der Waals surface area (Å²) in [7, 11) is 0. The van der Waals surface area contributed by atoms with Crippen molar-refractivity contribution < 1.29 is 13.6 Å². The van der Waals surface area contributed by atoms with E-state index in [1.807, 2.05) is 4.90 Å². The molecule has 1 saturated heterocycles. The van der Waals surface area contributed by atoms with E-state index in [0.29, 0.717) is 29.1 Å². The van der Waals surface area contributed by atoms with Gasteiger partial charge >= 0.3 is 0 Å². The molecule has 2 aromatic heterocycles. The van der Waals surface area contributed by atoms with Gasteiger partial charge in [-0.2, -0.15) is 0 Å². The third-order valence-corrected chi connectivity index (χ3v) is 4.42. The maximum atomic E-state index is 12.7. The third-order valence-electron chi connectivity index (χ3n) is 4.42. The van der Waals surface area contributed by atoms with Gasteiger partial charge in [-0.1, -0.05) is 12.2 Å². The van der Waals surface area contributed by atoms with E-state index in [4.69, 9.17) is 8.83 Å². The van der Waals surface area contributed by atoms with Gasteiger partial charge < -0.3 is 13.7 Å². The fourth-order valence-corrected chi connectivity index (χ4v) is 3.31. The van der Waals surface area contributed by atoms with E-state index in [9.17, 15) is 4.79 Å². The molecule has 2 aliphatic rings. The van der Waals surface area contributed by atoms with E-state index < -0.39 is 0 Å². The summed E-state index contributed by atoms with van der Waals surface area (Å²) in [6, 6.07) is 3.53. The number of likely N-dealkylation sites (tertiary alicyclic amines) is 1. The standard InChI is InChI=1S/C16H16N2O3/c19-16(18-8-11-4-1-2-5-12(11)9-18)14-15(21-10-17-14)13-6-3-7-20-13/h1-3,6-7,10-12H,4-5,8-9H2. The van der Waals surface area contributed by atoms with Crippen LogP contribution in [0.1, 0.15) is 23.3 Å². The van der Waals surface area contributed by atoms with Crippen LogP contribution in [-0.4, -0.2) is 28.9 Å². The number of carbonyl (C=O) groups excluding carboxylic acids is 1. The molecule has 0 radical (unpaired) electrons. The molecule has 21 heavy (non-hydrogen) atoms. The molecular weight excluding hydrogens is 268 g/mol. The summed E-state index contributed by atoms with van der Waals surface area (Å²) >= 11 is 0. The van der Waals surface area contributed by atoms with Crippen LogP contribution in [0.5, 0.6) is 0 Å². The Morgan fingerprint density at radius 1 is 1.19 bits per heavy atom. The van der Waals surface area contributed by atoms with Crippen molar-refractivity contribution in [1.29, 1.82) is 0 Å². The van der Waals surface area contributed by atoms with Gasteiger partial charge in [-0.25, -0.2) is 4.98 Å². The number of hydrogen-bond donors (Lipinski definition) is 0. The highest BCUT2D eigenvalue weighted by atomic mass is 16.4. The number of furan rings is 1. The Morgan fingerprint density at radius 2 is 1.95 bits per heavy atom. The molecule has 5 nitrogen and oxygen atoms in total. The molecule has 2 atom stereocenters. The largest absolute Gasteiger partial charge is 0.461 e. The average Bonchev–Trinajstić information content (AvgIpc) is 3.23. The van der Waals surface area contributed by atoms with Crippen molar-refractivity contribution in [2.75, 3.05) is 13.1 Å². The number of nitrogens with zero attached hydrogens (tertiary/aromatic N) is 2. The summed E-state index contributed by atoms with van der Waals surface area (Å²) in [4.78, 5) is 18.7. The second-order valence-electron chi connectivity index (χ2n) is 5.68. The van der Waals surface area contributed by atoms with Crippen molar-refractivity contribution in [2.24, 2.45) is 11.8 Å². The fraction of sp³-hybridized carbons (Fsp3) is 0.375. The molecule has 2 aromatic rings. The lowest BCUT2D eigenvalue weighted by atomic mass is 9.86. The number of hydrogen-bond acceptors (Lipinski definition) is 4. The monoisotopic (exact) mass is 284 g/mol. The molecule has 0 aromatic carbocycles. The molecule has 1 aliphatic heterocycles. The Labute approximate surface area is 122 Å². The second kappa shape index (κ2) is 4.91. The maximum Gasteiger partial charge on any atom is 0.276 e. The summed E-state index contributed by atoms with van der Waals surface area (Å²) in [5.41, 5.74) is 0.344. The van der Waals surface area contributed by atoms with Crippen LogP contribution in [0.15, 0.2) is 45.8 Å². The minimum absolute atomic E-state index is 0.0652. The van der Waals surface area contributed by atoms with E-state index in [0.717, 1.165) is 25.9 Å². The van der Waals surface area contributed by atoms with Crippen molar-refractivity contribution in [3.05, 3.63) is 42.6 Å². The molecule has 2 unspecified atom stereocenters. The first-order valence-corrected chi connectivity index (χ1v) is 7.24. The molecule has 0 saturated carbocycles. The smallest absolute Gasteiger partial charge is 0.276 e. The van der Waals surface area contributed by atoms with Crippen LogP contribution in [0.4, 0.5) is 0 Å². The van der Waals surface area contributed by atoms with E-state index in [1.54, 1.807) is 18.4 Å². The summed E-state index contributed by atoms with van der Waals surface area (Å²) < 4.78 is 10.7. The zero-order chi connectivity index (χ0) is 14.2. The Morgan fingerprint density at radius 3 is 2.62 bits per heavy atom. The number of oxazole rings is 1. The Kier molecular flexibility index (Phi) is 2.91. The van der Waals surface area contributed by atoms with Gasteiger partial charge in [-0.05, 0) is 36.8 Å². The summed E-state index contributed by atoms with van der Waals surface area (Å²) in [6.45, 7) is 1.61. The van der Waals surface area contributed by atoms with Crippen molar-refractivity contribution in [3.8, 4) is 11.5 Å². The van der Waals surface area contributed by atoms with E-state index in [2.05, 4.69) is 17.1 Å². The lowest BCUT2D eigenvalue weighted by Gasteiger charge is -2.17. The SMILES string of the molecule is O=C(c1ncoc1-c1ccco1)N1CC2CC=CCC2C1. The lowest BCUT2D eigenvalue weighted by molar-refractivity contribution is 0.0779. The average molecular weight is 284 g/mol. The van der Waals surface area contributed by atoms with Crippen molar-refractivity contribution in [3.63, 3.8) is 0 Å². The Hall–Kier alpha value is -2.30. The van der Waals surface area contributed by atoms with Crippen LogP contribution < -0.4 is 0 Å². The van der Waals surface area contributed by atoms with Crippen molar-refractivity contribution >= 4 is 5.91 Å². The number of allylic oxidation sites excluding steroid dienone is 2. The Bertz CT molecular complexity index is 656. The highest BCUT2D eigenvalue weighted by molar-refractivity contribution is 5.97.